The lowest BCUT2D eigenvalue weighted by molar-refractivity contribution is -0.183. The zero-order chi connectivity index (χ0) is 28.6. The molecule has 1 saturated carbocycles. The van der Waals surface area contributed by atoms with Gasteiger partial charge in [0.2, 0.25) is 5.91 Å². The van der Waals surface area contributed by atoms with Crippen LogP contribution in [0.5, 0.6) is 0 Å². The Hall–Kier alpha value is -3.51. The fourth-order valence-corrected chi connectivity index (χ4v) is 5.83. The van der Waals surface area contributed by atoms with Crippen LogP contribution in [0.1, 0.15) is 86.8 Å². The Bertz CT molecular complexity index is 1360. The van der Waals surface area contributed by atoms with Crippen molar-refractivity contribution in [3.63, 3.8) is 0 Å². The van der Waals surface area contributed by atoms with Crippen LogP contribution in [0.4, 0.5) is 13.2 Å². The Labute approximate surface area is 230 Å². The second-order valence-corrected chi connectivity index (χ2v) is 11.5. The Morgan fingerprint density at radius 2 is 1.95 bits per heavy atom. The van der Waals surface area contributed by atoms with E-state index in [-0.39, 0.29) is 36.8 Å². The highest BCUT2D eigenvalue weighted by Crippen LogP contribution is 2.37. The van der Waals surface area contributed by atoms with E-state index in [4.69, 9.17) is 4.98 Å². The summed E-state index contributed by atoms with van der Waals surface area (Å²) < 4.78 is 43.0. The van der Waals surface area contributed by atoms with Gasteiger partial charge in [-0.15, -0.1) is 5.10 Å². The summed E-state index contributed by atoms with van der Waals surface area (Å²) in [5, 5.41) is 18.1. The van der Waals surface area contributed by atoms with Crippen LogP contribution in [0.15, 0.2) is 24.5 Å². The molecule has 4 heterocycles. The standard InChI is InChI=1S/C27H35F3N8O2/c1-15(2)38-22(13-32-36-38)26(40)34-24(17-6-4-16(3)5-7-17)21-14-37-23(33-21)9-8-20(35-37)11-18-10-19(27(28,29)30)12-31-25(18)39/h8-9,13-19,24H,4-7,10-12H2,1-3H3,(H,31,39)(H,34,40)/t16?,17?,18?,19-,24+/m1/s1. The summed E-state index contributed by atoms with van der Waals surface area (Å²) in [7, 11) is 0. The van der Waals surface area contributed by atoms with Gasteiger partial charge in [0.1, 0.15) is 5.69 Å². The van der Waals surface area contributed by atoms with Crippen molar-refractivity contribution in [2.45, 2.75) is 77.6 Å². The molecule has 1 saturated heterocycles. The highest BCUT2D eigenvalue weighted by Gasteiger charge is 2.44. The van der Waals surface area contributed by atoms with Gasteiger partial charge in [0.25, 0.3) is 5.91 Å². The van der Waals surface area contributed by atoms with Gasteiger partial charge in [-0.25, -0.2) is 14.2 Å². The maximum absolute atomic E-state index is 13.4. The minimum Gasteiger partial charge on any atom is -0.355 e. The summed E-state index contributed by atoms with van der Waals surface area (Å²) in [5.74, 6) is -2.25. The molecule has 1 aliphatic carbocycles. The van der Waals surface area contributed by atoms with Gasteiger partial charge in [-0.05, 0) is 57.1 Å². The molecule has 40 heavy (non-hydrogen) atoms. The van der Waals surface area contributed by atoms with E-state index >= 15 is 0 Å². The van der Waals surface area contributed by atoms with Crippen LogP contribution in [0.3, 0.4) is 0 Å². The van der Waals surface area contributed by atoms with E-state index in [1.54, 1.807) is 27.5 Å². The predicted molar refractivity (Wildman–Crippen MR) is 139 cm³/mol. The molecular weight excluding hydrogens is 525 g/mol. The number of amides is 2. The Morgan fingerprint density at radius 3 is 2.65 bits per heavy atom. The average molecular weight is 561 g/mol. The fraction of sp³-hybridized carbons (Fsp3) is 0.630. The number of nitrogens with zero attached hydrogens (tertiary/aromatic N) is 6. The number of carbonyl (C=O) groups is 2. The molecule has 2 aliphatic rings. The van der Waals surface area contributed by atoms with E-state index in [0.717, 1.165) is 25.7 Å². The summed E-state index contributed by atoms with van der Waals surface area (Å²) in [4.78, 5) is 30.4. The molecule has 3 atom stereocenters. The number of hydrogen-bond acceptors (Lipinski definition) is 6. The third-order valence-corrected chi connectivity index (χ3v) is 8.21. The van der Waals surface area contributed by atoms with Crippen molar-refractivity contribution < 1.29 is 22.8 Å². The van der Waals surface area contributed by atoms with Gasteiger partial charge in [0, 0.05) is 24.9 Å². The zero-order valence-corrected chi connectivity index (χ0v) is 22.9. The lowest BCUT2D eigenvalue weighted by Gasteiger charge is -2.32. The van der Waals surface area contributed by atoms with Crippen LogP contribution < -0.4 is 10.6 Å². The molecule has 5 rings (SSSR count). The van der Waals surface area contributed by atoms with Gasteiger partial charge < -0.3 is 10.6 Å². The fourth-order valence-electron chi connectivity index (χ4n) is 5.83. The number of imidazole rings is 1. The summed E-state index contributed by atoms with van der Waals surface area (Å²) >= 11 is 0. The van der Waals surface area contributed by atoms with Crippen LogP contribution >= 0.6 is 0 Å². The number of alkyl halides is 3. The number of carbonyl (C=O) groups excluding carboxylic acids is 2. The molecule has 2 fully saturated rings. The van der Waals surface area contributed by atoms with E-state index in [2.05, 4.69) is 33.0 Å². The molecule has 2 amide bonds. The monoisotopic (exact) mass is 560 g/mol. The lowest BCUT2D eigenvalue weighted by Crippen LogP contribution is -2.47. The Morgan fingerprint density at radius 1 is 1.20 bits per heavy atom. The van der Waals surface area contributed by atoms with Gasteiger partial charge in [0.15, 0.2) is 5.65 Å². The number of piperidine rings is 1. The first kappa shape index (κ1) is 28.0. The molecule has 3 aromatic rings. The van der Waals surface area contributed by atoms with Gasteiger partial charge in [-0.2, -0.15) is 18.3 Å². The maximum atomic E-state index is 13.4. The first-order chi connectivity index (χ1) is 19.0. The number of rotatable bonds is 7. The number of nitrogens with one attached hydrogen (secondary N) is 2. The van der Waals surface area contributed by atoms with E-state index in [1.165, 1.54) is 6.20 Å². The molecule has 2 N–H and O–H groups in total. The summed E-state index contributed by atoms with van der Waals surface area (Å²) in [6.07, 6.45) is 2.68. The normalized spacial score (nSPS) is 24.7. The molecule has 1 unspecified atom stereocenters. The first-order valence-electron chi connectivity index (χ1n) is 13.9. The highest BCUT2D eigenvalue weighted by atomic mass is 19.4. The number of aromatic nitrogens is 6. The second-order valence-electron chi connectivity index (χ2n) is 11.5. The van der Waals surface area contributed by atoms with Crippen LogP contribution in [0.2, 0.25) is 0 Å². The average Bonchev–Trinajstić information content (AvgIpc) is 3.56. The summed E-state index contributed by atoms with van der Waals surface area (Å²) in [6.45, 7) is 5.70. The smallest absolute Gasteiger partial charge is 0.355 e. The third-order valence-electron chi connectivity index (χ3n) is 8.21. The van der Waals surface area contributed by atoms with Crippen LogP contribution in [-0.2, 0) is 11.2 Å². The minimum atomic E-state index is -4.36. The van der Waals surface area contributed by atoms with Crippen LogP contribution in [0.25, 0.3) is 5.65 Å². The summed E-state index contributed by atoms with van der Waals surface area (Å²) in [5.41, 5.74) is 2.08. The minimum absolute atomic E-state index is 0.0345. The third kappa shape index (κ3) is 5.97. The van der Waals surface area contributed by atoms with Crippen molar-refractivity contribution in [2.75, 3.05) is 6.54 Å². The van der Waals surface area contributed by atoms with Crippen molar-refractivity contribution in [2.24, 2.45) is 23.7 Å². The summed E-state index contributed by atoms with van der Waals surface area (Å²) in [6, 6.07) is 3.04. The molecular formula is C27H35F3N8O2. The molecule has 1 aliphatic heterocycles. The Kier molecular flexibility index (Phi) is 7.83. The molecule has 0 aromatic carbocycles. The largest absolute Gasteiger partial charge is 0.393 e. The Balaban J connectivity index is 1.39. The van der Waals surface area contributed by atoms with Crippen molar-refractivity contribution >= 4 is 17.5 Å². The lowest BCUT2D eigenvalue weighted by atomic mass is 9.78. The van der Waals surface area contributed by atoms with Gasteiger partial charge in [0.05, 0.1) is 35.7 Å². The molecule has 0 bridgehead atoms. The van der Waals surface area contributed by atoms with Crippen molar-refractivity contribution in [3.8, 4) is 0 Å². The molecule has 13 heteroatoms. The van der Waals surface area contributed by atoms with Crippen LogP contribution in [-0.4, -0.2) is 54.1 Å². The number of hydrogen-bond donors (Lipinski definition) is 2. The van der Waals surface area contributed by atoms with E-state index in [1.807, 2.05) is 13.8 Å². The first-order valence-corrected chi connectivity index (χ1v) is 13.9. The van der Waals surface area contributed by atoms with Crippen molar-refractivity contribution in [1.29, 1.82) is 0 Å². The maximum Gasteiger partial charge on any atom is 0.393 e. The second kappa shape index (κ2) is 11.2. The SMILES string of the molecule is CC1CCC([C@H](NC(=O)c2cnnn2C(C)C)c2cn3nc(CC4C[C@@H](C(F)(F)F)CNC4=O)ccc3n2)CC1. The van der Waals surface area contributed by atoms with Crippen molar-refractivity contribution in [3.05, 3.63) is 41.6 Å². The van der Waals surface area contributed by atoms with Crippen molar-refractivity contribution in [1.82, 2.24) is 40.2 Å². The van der Waals surface area contributed by atoms with Gasteiger partial charge >= 0.3 is 6.18 Å². The van der Waals surface area contributed by atoms with Gasteiger partial charge in [-0.1, -0.05) is 25.0 Å². The van der Waals surface area contributed by atoms with E-state index in [9.17, 15) is 22.8 Å². The molecule has 0 spiro atoms. The topological polar surface area (TPSA) is 119 Å². The predicted octanol–water partition coefficient (Wildman–Crippen LogP) is 4.06. The zero-order valence-electron chi connectivity index (χ0n) is 22.9. The number of halogens is 3. The quantitative estimate of drug-likeness (QED) is 0.450. The molecule has 216 valence electrons. The molecule has 10 nitrogen and oxygen atoms in total. The van der Waals surface area contributed by atoms with Crippen LogP contribution in [0, 0.1) is 23.7 Å². The van der Waals surface area contributed by atoms with E-state index < -0.39 is 30.5 Å². The molecule has 3 aromatic heterocycles. The van der Waals surface area contributed by atoms with Gasteiger partial charge in [-0.3, -0.25) is 9.59 Å². The van der Waals surface area contributed by atoms with E-state index in [0.29, 0.717) is 28.6 Å². The highest BCUT2D eigenvalue weighted by molar-refractivity contribution is 5.92. The number of fused-ring (bicyclic) bond motifs is 1. The molecule has 0 radical (unpaired) electrons.